The molecule has 2 aliphatic rings. The van der Waals surface area contributed by atoms with E-state index >= 15 is 0 Å². The van der Waals surface area contributed by atoms with E-state index in [1.165, 1.54) is 12.1 Å². The number of anilines is 2. The SMILES string of the molecule is O=C1CC(O)(C(F)(F)F)c2c(C3CCN(c4ccc(CF)c(F)n4)CC3)n[nH]c2N1. The Kier molecular flexibility index (Phi) is 4.91. The Hall–Kier alpha value is -2.76. The van der Waals surface area contributed by atoms with Gasteiger partial charge >= 0.3 is 6.18 Å². The molecule has 4 rings (SSSR count). The Balaban J connectivity index is 1.57. The summed E-state index contributed by atoms with van der Waals surface area (Å²) in [4.78, 5) is 17.2. The number of nitrogens with zero attached hydrogens (tertiary/aromatic N) is 3. The zero-order valence-electron chi connectivity index (χ0n) is 15.6. The largest absolute Gasteiger partial charge is 0.422 e. The highest BCUT2D eigenvalue weighted by Gasteiger charge is 2.61. The third-order valence-corrected chi connectivity index (χ3v) is 5.62. The molecule has 1 amide bonds. The van der Waals surface area contributed by atoms with E-state index in [4.69, 9.17) is 0 Å². The van der Waals surface area contributed by atoms with E-state index in [1.807, 2.05) is 0 Å². The second-order valence-electron chi connectivity index (χ2n) is 7.46. The Morgan fingerprint density at radius 3 is 2.57 bits per heavy atom. The summed E-state index contributed by atoms with van der Waals surface area (Å²) >= 11 is 0. The molecule has 2 aromatic rings. The molecule has 0 aliphatic carbocycles. The number of nitrogens with one attached hydrogen (secondary N) is 2. The number of aromatic nitrogens is 3. The topological polar surface area (TPSA) is 94.1 Å². The van der Waals surface area contributed by atoms with E-state index in [0.29, 0.717) is 31.7 Å². The lowest BCUT2D eigenvalue weighted by molar-refractivity contribution is -0.267. The van der Waals surface area contributed by atoms with Crippen LogP contribution >= 0.6 is 0 Å². The lowest BCUT2D eigenvalue weighted by atomic mass is 9.81. The van der Waals surface area contributed by atoms with E-state index in [9.17, 15) is 31.9 Å². The molecule has 7 nitrogen and oxygen atoms in total. The third-order valence-electron chi connectivity index (χ3n) is 5.62. The molecule has 0 radical (unpaired) electrons. The van der Waals surface area contributed by atoms with Crippen LogP contribution in [0, 0.1) is 5.95 Å². The van der Waals surface area contributed by atoms with Gasteiger partial charge in [-0.15, -0.1) is 0 Å². The van der Waals surface area contributed by atoms with Crippen molar-refractivity contribution in [3.8, 4) is 0 Å². The fourth-order valence-electron chi connectivity index (χ4n) is 4.02. The number of amides is 1. The molecule has 2 aromatic heterocycles. The highest BCUT2D eigenvalue weighted by Crippen LogP contribution is 2.49. The van der Waals surface area contributed by atoms with E-state index in [2.05, 4.69) is 20.5 Å². The van der Waals surface area contributed by atoms with E-state index in [-0.39, 0.29) is 17.1 Å². The maximum Gasteiger partial charge on any atom is 0.422 e. The molecular formula is C18H18F5N5O2. The van der Waals surface area contributed by atoms with Gasteiger partial charge in [0.1, 0.15) is 18.3 Å². The minimum atomic E-state index is -5.06. The van der Waals surface area contributed by atoms with Gasteiger partial charge in [-0.2, -0.15) is 22.7 Å². The van der Waals surface area contributed by atoms with Gasteiger partial charge < -0.3 is 15.3 Å². The van der Waals surface area contributed by atoms with Gasteiger partial charge in [0.05, 0.1) is 17.7 Å². The molecule has 4 heterocycles. The van der Waals surface area contributed by atoms with Crippen LogP contribution in [-0.4, -0.2) is 45.5 Å². The lowest BCUT2D eigenvalue weighted by Crippen LogP contribution is -2.49. The Bertz CT molecular complexity index is 970. The van der Waals surface area contributed by atoms with Crippen LogP contribution in [0.25, 0.3) is 0 Å². The number of halogens is 5. The molecule has 0 spiro atoms. The van der Waals surface area contributed by atoms with E-state index < -0.39 is 48.2 Å². The first-order chi connectivity index (χ1) is 14.1. The molecule has 1 saturated heterocycles. The molecule has 12 heteroatoms. The van der Waals surface area contributed by atoms with Crippen molar-refractivity contribution >= 4 is 17.5 Å². The van der Waals surface area contributed by atoms with Crippen LogP contribution in [-0.2, 0) is 17.1 Å². The van der Waals surface area contributed by atoms with Crippen molar-refractivity contribution in [3.05, 3.63) is 34.9 Å². The Labute approximate surface area is 167 Å². The second kappa shape index (κ2) is 7.18. The van der Waals surface area contributed by atoms with E-state index in [0.717, 1.165) is 0 Å². The smallest absolute Gasteiger partial charge is 0.376 e. The van der Waals surface area contributed by atoms with Crippen LogP contribution in [0.15, 0.2) is 12.1 Å². The van der Waals surface area contributed by atoms with E-state index in [1.54, 1.807) is 4.90 Å². The average molecular weight is 431 g/mol. The molecule has 162 valence electrons. The van der Waals surface area contributed by atoms with Crippen molar-refractivity contribution < 1.29 is 31.9 Å². The van der Waals surface area contributed by atoms with Crippen LogP contribution in [0.2, 0.25) is 0 Å². The van der Waals surface area contributed by atoms with Crippen LogP contribution in [0.5, 0.6) is 0 Å². The zero-order chi connectivity index (χ0) is 21.7. The van der Waals surface area contributed by atoms with Crippen molar-refractivity contribution in [2.24, 2.45) is 0 Å². The Morgan fingerprint density at radius 1 is 1.27 bits per heavy atom. The van der Waals surface area contributed by atoms with Gasteiger partial charge in [0.15, 0.2) is 5.60 Å². The Morgan fingerprint density at radius 2 is 1.97 bits per heavy atom. The van der Waals surface area contributed by atoms with Crippen molar-refractivity contribution in [2.45, 2.75) is 43.6 Å². The average Bonchev–Trinajstić information content (AvgIpc) is 3.11. The number of pyridine rings is 1. The fourth-order valence-corrected chi connectivity index (χ4v) is 4.02. The van der Waals surface area contributed by atoms with Crippen LogP contribution in [0.1, 0.15) is 42.0 Å². The number of rotatable bonds is 3. The number of alkyl halides is 4. The molecule has 0 bridgehead atoms. The number of carbonyl (C=O) groups excluding carboxylic acids is 1. The van der Waals surface area contributed by atoms with Crippen molar-refractivity contribution in [2.75, 3.05) is 23.3 Å². The maximum absolute atomic E-state index is 13.8. The summed E-state index contributed by atoms with van der Waals surface area (Å²) in [5, 5.41) is 19.0. The molecule has 30 heavy (non-hydrogen) atoms. The standard InChI is InChI=1S/C18H18F5N5O2/c19-8-10-1-2-11(24-15(10)20)28-5-3-9(4-6-28)14-13-16(27-26-14)25-12(29)7-17(13,30)18(21,22)23/h1-2,9,30H,3-8H2,(H2,25,26,27,29). The van der Waals surface area contributed by atoms with Crippen molar-refractivity contribution in [1.82, 2.24) is 15.2 Å². The minimum absolute atomic E-state index is 0.0522. The summed E-state index contributed by atoms with van der Waals surface area (Å²) < 4.78 is 67.3. The van der Waals surface area contributed by atoms with Crippen molar-refractivity contribution in [3.63, 3.8) is 0 Å². The van der Waals surface area contributed by atoms with Gasteiger partial charge in [-0.25, -0.2) is 9.37 Å². The number of aliphatic hydroxyl groups is 1. The first-order valence-corrected chi connectivity index (χ1v) is 9.28. The summed E-state index contributed by atoms with van der Waals surface area (Å²) in [6.45, 7) is -0.265. The number of carbonyl (C=O) groups is 1. The third kappa shape index (κ3) is 3.28. The maximum atomic E-state index is 13.8. The number of aromatic amines is 1. The van der Waals surface area contributed by atoms with Crippen LogP contribution in [0.3, 0.4) is 0 Å². The van der Waals surface area contributed by atoms with Gasteiger partial charge in [0.25, 0.3) is 0 Å². The summed E-state index contributed by atoms with van der Waals surface area (Å²) in [6.07, 6.45) is -5.46. The molecular weight excluding hydrogens is 413 g/mol. The van der Waals surface area contributed by atoms with Crippen LogP contribution in [0.4, 0.5) is 33.6 Å². The first-order valence-electron chi connectivity index (χ1n) is 9.28. The predicted molar refractivity (Wildman–Crippen MR) is 95.0 cm³/mol. The molecule has 0 aromatic carbocycles. The van der Waals surface area contributed by atoms with Gasteiger partial charge in [0, 0.05) is 24.6 Å². The number of piperidine rings is 1. The highest BCUT2D eigenvalue weighted by molar-refractivity contribution is 5.94. The number of hydrogen-bond donors (Lipinski definition) is 3. The molecule has 1 fully saturated rings. The monoisotopic (exact) mass is 431 g/mol. The van der Waals surface area contributed by atoms with Crippen molar-refractivity contribution in [1.29, 1.82) is 0 Å². The summed E-state index contributed by atoms with van der Waals surface area (Å²) in [5.41, 5.74) is -3.87. The normalized spacial score (nSPS) is 22.7. The molecule has 1 atom stereocenters. The zero-order valence-corrected chi connectivity index (χ0v) is 15.6. The van der Waals surface area contributed by atoms with Crippen LogP contribution < -0.4 is 10.2 Å². The summed E-state index contributed by atoms with van der Waals surface area (Å²) in [5.74, 6) is -2.22. The predicted octanol–water partition coefficient (Wildman–Crippen LogP) is 2.89. The highest BCUT2D eigenvalue weighted by atomic mass is 19.4. The van der Waals surface area contributed by atoms with Gasteiger partial charge in [-0.3, -0.25) is 9.89 Å². The summed E-state index contributed by atoms with van der Waals surface area (Å²) in [6, 6.07) is 2.80. The lowest BCUT2D eigenvalue weighted by Gasteiger charge is -2.36. The molecule has 1 unspecified atom stereocenters. The van der Waals surface area contributed by atoms with Gasteiger partial charge in [0.2, 0.25) is 11.9 Å². The fraction of sp³-hybridized carbons (Fsp3) is 0.500. The number of H-pyrrole nitrogens is 1. The van der Waals surface area contributed by atoms with Gasteiger partial charge in [-0.1, -0.05) is 0 Å². The summed E-state index contributed by atoms with van der Waals surface area (Å²) in [7, 11) is 0. The molecule has 2 aliphatic heterocycles. The quantitative estimate of drug-likeness (QED) is 0.513. The first kappa shape index (κ1) is 20.5. The van der Waals surface area contributed by atoms with Gasteiger partial charge in [-0.05, 0) is 25.0 Å². The minimum Gasteiger partial charge on any atom is -0.376 e. The number of fused-ring (bicyclic) bond motifs is 1. The number of hydrogen-bond acceptors (Lipinski definition) is 5. The molecule has 3 N–H and O–H groups in total. The second-order valence-corrected chi connectivity index (χ2v) is 7.46. The molecule has 0 saturated carbocycles.